The first-order chi connectivity index (χ1) is 9.54. The number of aromatic nitrogens is 3. The molecule has 7 heteroatoms. The summed E-state index contributed by atoms with van der Waals surface area (Å²) in [4.78, 5) is 10.7. The van der Waals surface area contributed by atoms with Crippen molar-refractivity contribution < 1.29 is 14.6 Å². The van der Waals surface area contributed by atoms with Crippen LogP contribution in [0.4, 0.5) is 0 Å². The largest absolute Gasteiger partial charge is 0.481 e. The van der Waals surface area contributed by atoms with Gasteiger partial charge in [0.25, 0.3) is 0 Å². The topological polar surface area (TPSA) is 77.2 Å². The molecular weight excluding hydrogens is 278 g/mol. The Morgan fingerprint density at radius 2 is 2.15 bits per heavy atom. The van der Waals surface area contributed by atoms with E-state index in [-0.39, 0.29) is 11.2 Å². The Morgan fingerprint density at radius 1 is 1.45 bits per heavy atom. The quantitative estimate of drug-likeness (QED) is 0.808. The van der Waals surface area contributed by atoms with Gasteiger partial charge < -0.3 is 14.4 Å². The van der Waals surface area contributed by atoms with Gasteiger partial charge in [-0.05, 0) is 18.3 Å². The first-order valence-electron chi connectivity index (χ1n) is 6.88. The van der Waals surface area contributed by atoms with E-state index in [2.05, 4.69) is 21.7 Å². The van der Waals surface area contributed by atoms with Gasteiger partial charge in [-0.2, -0.15) is 0 Å². The van der Waals surface area contributed by atoms with Crippen LogP contribution in [0.3, 0.4) is 0 Å². The van der Waals surface area contributed by atoms with Gasteiger partial charge in [0.2, 0.25) is 0 Å². The monoisotopic (exact) mass is 299 g/mol. The summed E-state index contributed by atoms with van der Waals surface area (Å²) >= 11 is 1.24. The molecule has 0 saturated carbocycles. The van der Waals surface area contributed by atoms with Crippen molar-refractivity contribution >= 4 is 17.7 Å². The molecule has 1 fully saturated rings. The predicted octanol–water partition coefficient (Wildman–Crippen LogP) is 1.83. The van der Waals surface area contributed by atoms with Crippen LogP contribution in [0.25, 0.3) is 0 Å². The van der Waals surface area contributed by atoms with E-state index in [0.29, 0.717) is 5.16 Å². The highest BCUT2D eigenvalue weighted by Crippen LogP contribution is 2.33. The van der Waals surface area contributed by atoms with Crippen LogP contribution in [-0.4, -0.2) is 44.8 Å². The molecule has 1 aliphatic heterocycles. The maximum absolute atomic E-state index is 10.7. The summed E-state index contributed by atoms with van der Waals surface area (Å²) in [6.07, 6.45) is 2.82. The molecule has 0 aromatic carbocycles. The van der Waals surface area contributed by atoms with Gasteiger partial charge in [0.05, 0.1) is 5.75 Å². The standard InChI is InChI=1S/C13H21N3O3S/c1-3-10-14-15-12(20-8-11(17)18)16(10)9-13(2)4-6-19-7-5-13/h3-9H2,1-2H3,(H,17,18). The fourth-order valence-corrected chi connectivity index (χ4v) is 3.05. The Labute approximate surface area is 122 Å². The molecule has 1 N–H and O–H groups in total. The lowest BCUT2D eigenvalue weighted by atomic mass is 9.82. The molecule has 1 aliphatic rings. The van der Waals surface area contributed by atoms with Gasteiger partial charge in [0, 0.05) is 26.2 Å². The third kappa shape index (κ3) is 3.73. The molecule has 6 nitrogen and oxygen atoms in total. The van der Waals surface area contributed by atoms with Gasteiger partial charge in [0.1, 0.15) is 5.82 Å². The summed E-state index contributed by atoms with van der Waals surface area (Å²) in [6.45, 7) is 6.70. The van der Waals surface area contributed by atoms with E-state index in [4.69, 9.17) is 9.84 Å². The van der Waals surface area contributed by atoms with Crippen LogP contribution in [0.5, 0.6) is 0 Å². The first kappa shape index (κ1) is 15.3. The normalized spacial score (nSPS) is 18.1. The molecule has 0 spiro atoms. The van der Waals surface area contributed by atoms with Crippen LogP contribution in [0.2, 0.25) is 0 Å². The molecule has 0 atom stereocenters. The second kappa shape index (κ2) is 6.58. The average Bonchev–Trinajstić information content (AvgIpc) is 2.78. The van der Waals surface area contributed by atoms with Crippen molar-refractivity contribution in [3.63, 3.8) is 0 Å². The van der Waals surface area contributed by atoms with Crippen molar-refractivity contribution in [3.05, 3.63) is 5.82 Å². The number of hydrogen-bond donors (Lipinski definition) is 1. The average molecular weight is 299 g/mol. The number of aliphatic carboxylic acids is 1. The number of aryl methyl sites for hydroxylation is 1. The maximum atomic E-state index is 10.7. The number of carbonyl (C=O) groups is 1. The molecule has 0 radical (unpaired) electrons. The van der Waals surface area contributed by atoms with Crippen molar-refractivity contribution in [3.8, 4) is 0 Å². The van der Waals surface area contributed by atoms with Crippen LogP contribution in [-0.2, 0) is 22.5 Å². The molecule has 0 unspecified atom stereocenters. The molecule has 2 rings (SSSR count). The van der Waals surface area contributed by atoms with Crippen molar-refractivity contribution in [2.24, 2.45) is 5.41 Å². The highest BCUT2D eigenvalue weighted by Gasteiger charge is 2.30. The van der Waals surface area contributed by atoms with Crippen molar-refractivity contribution in [1.29, 1.82) is 0 Å². The zero-order valence-electron chi connectivity index (χ0n) is 12.0. The number of ether oxygens (including phenoxy) is 1. The van der Waals surface area contributed by atoms with Crippen molar-refractivity contribution in [1.82, 2.24) is 14.8 Å². The number of rotatable bonds is 6. The summed E-state index contributed by atoms with van der Waals surface area (Å²) in [5, 5.41) is 17.8. The molecule has 1 aromatic heterocycles. The van der Waals surface area contributed by atoms with Crippen LogP contribution >= 0.6 is 11.8 Å². The second-order valence-corrected chi connectivity index (χ2v) is 6.39. The van der Waals surface area contributed by atoms with Crippen molar-refractivity contribution in [2.45, 2.75) is 44.8 Å². The lowest BCUT2D eigenvalue weighted by Crippen LogP contribution is -2.31. The maximum Gasteiger partial charge on any atom is 0.313 e. The molecular formula is C13H21N3O3S. The van der Waals surface area contributed by atoms with Gasteiger partial charge in [0.15, 0.2) is 5.16 Å². The number of thioether (sulfide) groups is 1. The van der Waals surface area contributed by atoms with Crippen LogP contribution in [0.15, 0.2) is 5.16 Å². The van der Waals surface area contributed by atoms with Gasteiger partial charge in [-0.3, -0.25) is 4.79 Å². The summed E-state index contributed by atoms with van der Waals surface area (Å²) in [5.74, 6) is 0.104. The third-order valence-electron chi connectivity index (χ3n) is 3.67. The Hall–Kier alpha value is -1.08. The molecule has 1 aromatic rings. The van der Waals surface area contributed by atoms with E-state index in [1.54, 1.807) is 0 Å². The third-order valence-corrected chi connectivity index (χ3v) is 4.63. The van der Waals surface area contributed by atoms with E-state index < -0.39 is 5.97 Å². The Balaban J connectivity index is 2.15. The molecule has 1 saturated heterocycles. The zero-order valence-corrected chi connectivity index (χ0v) is 12.8. The van der Waals surface area contributed by atoms with E-state index >= 15 is 0 Å². The van der Waals surface area contributed by atoms with Gasteiger partial charge >= 0.3 is 5.97 Å². The number of hydrogen-bond acceptors (Lipinski definition) is 5. The number of carboxylic acids is 1. The molecule has 2 heterocycles. The lowest BCUT2D eigenvalue weighted by molar-refractivity contribution is -0.133. The Morgan fingerprint density at radius 3 is 2.75 bits per heavy atom. The first-order valence-corrected chi connectivity index (χ1v) is 7.87. The van der Waals surface area contributed by atoms with Gasteiger partial charge in [-0.15, -0.1) is 10.2 Å². The fraction of sp³-hybridized carbons (Fsp3) is 0.769. The minimum Gasteiger partial charge on any atom is -0.481 e. The smallest absolute Gasteiger partial charge is 0.313 e. The van der Waals surface area contributed by atoms with E-state index in [1.807, 2.05) is 6.92 Å². The highest BCUT2D eigenvalue weighted by atomic mass is 32.2. The van der Waals surface area contributed by atoms with E-state index in [9.17, 15) is 4.79 Å². The van der Waals surface area contributed by atoms with Gasteiger partial charge in [-0.25, -0.2) is 0 Å². The summed E-state index contributed by atoms with van der Waals surface area (Å²) in [5.41, 5.74) is 0.170. The molecule has 112 valence electrons. The van der Waals surface area contributed by atoms with E-state index in [0.717, 1.165) is 44.8 Å². The minimum absolute atomic E-state index is 0.0155. The summed E-state index contributed by atoms with van der Waals surface area (Å²) in [7, 11) is 0. The predicted molar refractivity (Wildman–Crippen MR) is 75.9 cm³/mol. The minimum atomic E-state index is -0.833. The summed E-state index contributed by atoms with van der Waals surface area (Å²) < 4.78 is 7.51. The van der Waals surface area contributed by atoms with Crippen LogP contribution < -0.4 is 0 Å². The molecule has 0 amide bonds. The Bertz CT molecular complexity index is 469. The van der Waals surface area contributed by atoms with Gasteiger partial charge in [-0.1, -0.05) is 25.6 Å². The van der Waals surface area contributed by atoms with Crippen LogP contribution in [0, 0.1) is 5.41 Å². The zero-order chi connectivity index (χ0) is 14.6. The second-order valence-electron chi connectivity index (χ2n) is 5.44. The molecule has 20 heavy (non-hydrogen) atoms. The number of carboxylic acid groups (broad SMARTS) is 1. The fourth-order valence-electron chi connectivity index (χ4n) is 2.38. The van der Waals surface area contributed by atoms with E-state index in [1.165, 1.54) is 11.8 Å². The molecule has 0 aliphatic carbocycles. The van der Waals surface area contributed by atoms with Crippen LogP contribution in [0.1, 0.15) is 32.5 Å². The molecule has 0 bridgehead atoms. The lowest BCUT2D eigenvalue weighted by Gasteiger charge is -2.34. The highest BCUT2D eigenvalue weighted by molar-refractivity contribution is 7.99. The Kier molecular flexibility index (Phi) is 5.04. The SMILES string of the molecule is CCc1nnc(SCC(=O)O)n1CC1(C)CCOCC1. The van der Waals surface area contributed by atoms with Crippen molar-refractivity contribution in [2.75, 3.05) is 19.0 Å². The number of nitrogens with zero attached hydrogens (tertiary/aromatic N) is 3. The summed E-state index contributed by atoms with van der Waals surface area (Å²) in [6, 6.07) is 0.